The number of halogens is 1. The Balaban J connectivity index is 0.00000392. The van der Waals surface area contributed by atoms with Gasteiger partial charge in [0.25, 0.3) is 5.91 Å². The number of carbonyl (C=O) groups excluding carboxylic acids is 2. The number of rotatable bonds is 8. The fraction of sp³-hybridized carbons (Fsp3) is 0.364. The van der Waals surface area contributed by atoms with Gasteiger partial charge in [0.2, 0.25) is 5.91 Å². The van der Waals surface area contributed by atoms with Crippen molar-refractivity contribution in [3.05, 3.63) is 71.3 Å². The molecule has 28 heavy (non-hydrogen) atoms. The summed E-state index contributed by atoms with van der Waals surface area (Å²) in [5, 5.41) is 5.76. The van der Waals surface area contributed by atoms with Crippen LogP contribution in [0.4, 0.5) is 0 Å². The van der Waals surface area contributed by atoms with E-state index >= 15 is 0 Å². The van der Waals surface area contributed by atoms with Gasteiger partial charge in [0.1, 0.15) is 6.04 Å². The molecule has 0 aliphatic carbocycles. The minimum atomic E-state index is -0.597. The molecular weight excluding hydrogens is 374 g/mol. The van der Waals surface area contributed by atoms with Crippen LogP contribution in [0, 0.1) is 12.8 Å². The molecule has 2 amide bonds. The molecular formula is C22H30ClN3O2. The summed E-state index contributed by atoms with van der Waals surface area (Å²) in [7, 11) is 0. The summed E-state index contributed by atoms with van der Waals surface area (Å²) in [6.45, 7) is 6.24. The normalized spacial score (nSPS) is 12.6. The summed E-state index contributed by atoms with van der Waals surface area (Å²) >= 11 is 0. The van der Waals surface area contributed by atoms with Crippen molar-refractivity contribution >= 4 is 24.2 Å². The van der Waals surface area contributed by atoms with Crippen molar-refractivity contribution in [2.75, 3.05) is 6.54 Å². The molecule has 0 spiro atoms. The zero-order valence-corrected chi connectivity index (χ0v) is 17.5. The Hall–Kier alpha value is -2.37. The van der Waals surface area contributed by atoms with Crippen LogP contribution in [-0.4, -0.2) is 24.4 Å². The van der Waals surface area contributed by atoms with Gasteiger partial charge in [0, 0.05) is 18.2 Å². The summed E-state index contributed by atoms with van der Waals surface area (Å²) in [4.78, 5) is 25.3. The van der Waals surface area contributed by atoms with Crippen LogP contribution in [0.5, 0.6) is 0 Å². The first-order valence-electron chi connectivity index (χ1n) is 9.33. The van der Waals surface area contributed by atoms with Crippen LogP contribution in [0.2, 0.25) is 0 Å². The van der Waals surface area contributed by atoms with Gasteiger partial charge in [0.15, 0.2) is 0 Å². The van der Waals surface area contributed by atoms with E-state index in [9.17, 15) is 9.59 Å². The zero-order valence-electron chi connectivity index (χ0n) is 16.6. The molecule has 2 unspecified atom stereocenters. The van der Waals surface area contributed by atoms with Crippen LogP contribution in [0.3, 0.4) is 0 Å². The second kappa shape index (κ2) is 11.5. The smallest absolute Gasteiger partial charge is 0.252 e. The van der Waals surface area contributed by atoms with Crippen molar-refractivity contribution < 1.29 is 9.59 Å². The molecule has 152 valence electrons. The van der Waals surface area contributed by atoms with E-state index in [-0.39, 0.29) is 36.2 Å². The van der Waals surface area contributed by atoms with Crippen molar-refractivity contribution in [2.45, 2.75) is 39.3 Å². The third kappa shape index (κ3) is 6.98. The SMILES string of the molecule is Cc1ccccc1C(=O)NC(CC(C)C)C(=O)NCC(N)c1ccccc1.Cl. The average Bonchev–Trinajstić information content (AvgIpc) is 2.65. The number of carbonyl (C=O) groups is 2. The number of hydrogen-bond acceptors (Lipinski definition) is 3. The lowest BCUT2D eigenvalue weighted by molar-refractivity contribution is -0.123. The van der Waals surface area contributed by atoms with Gasteiger partial charge >= 0.3 is 0 Å². The van der Waals surface area contributed by atoms with E-state index in [4.69, 9.17) is 5.73 Å². The first kappa shape index (κ1) is 23.7. The van der Waals surface area contributed by atoms with E-state index in [2.05, 4.69) is 10.6 Å². The van der Waals surface area contributed by atoms with Gasteiger partial charge in [-0.1, -0.05) is 62.4 Å². The number of hydrogen-bond donors (Lipinski definition) is 3. The molecule has 2 aromatic rings. The molecule has 0 saturated carbocycles. The summed E-state index contributed by atoms with van der Waals surface area (Å²) in [6.07, 6.45) is 0.560. The average molecular weight is 404 g/mol. The fourth-order valence-corrected chi connectivity index (χ4v) is 2.92. The van der Waals surface area contributed by atoms with E-state index in [1.54, 1.807) is 6.07 Å². The van der Waals surface area contributed by atoms with Gasteiger partial charge < -0.3 is 16.4 Å². The van der Waals surface area contributed by atoms with Gasteiger partial charge in [-0.15, -0.1) is 12.4 Å². The van der Waals surface area contributed by atoms with Gasteiger partial charge in [-0.2, -0.15) is 0 Å². The molecule has 4 N–H and O–H groups in total. The minimum Gasteiger partial charge on any atom is -0.352 e. The third-order valence-electron chi connectivity index (χ3n) is 4.44. The number of benzene rings is 2. The Bertz CT molecular complexity index is 765. The molecule has 0 radical (unpaired) electrons. The molecule has 0 aliphatic rings. The van der Waals surface area contributed by atoms with Crippen LogP contribution in [0.1, 0.15) is 47.8 Å². The van der Waals surface area contributed by atoms with Crippen molar-refractivity contribution in [3.63, 3.8) is 0 Å². The number of amides is 2. The van der Waals surface area contributed by atoms with E-state index < -0.39 is 6.04 Å². The van der Waals surface area contributed by atoms with Crippen molar-refractivity contribution in [3.8, 4) is 0 Å². The van der Waals surface area contributed by atoms with E-state index in [1.165, 1.54) is 0 Å². The Morgan fingerprint density at radius 3 is 2.21 bits per heavy atom. The van der Waals surface area contributed by atoms with Gasteiger partial charge in [-0.3, -0.25) is 9.59 Å². The maximum Gasteiger partial charge on any atom is 0.252 e. The topological polar surface area (TPSA) is 84.2 Å². The quantitative estimate of drug-likeness (QED) is 0.631. The van der Waals surface area contributed by atoms with Crippen LogP contribution in [-0.2, 0) is 4.79 Å². The highest BCUT2D eigenvalue weighted by molar-refractivity contribution is 5.98. The maximum atomic E-state index is 12.7. The molecule has 0 aromatic heterocycles. The van der Waals surface area contributed by atoms with Gasteiger partial charge in [0.05, 0.1) is 0 Å². The minimum absolute atomic E-state index is 0. The molecule has 0 fully saturated rings. The largest absolute Gasteiger partial charge is 0.352 e. The number of nitrogens with two attached hydrogens (primary N) is 1. The third-order valence-corrected chi connectivity index (χ3v) is 4.44. The molecule has 2 aromatic carbocycles. The lowest BCUT2D eigenvalue weighted by Crippen LogP contribution is -2.48. The monoisotopic (exact) mass is 403 g/mol. The Morgan fingerprint density at radius 2 is 1.61 bits per heavy atom. The summed E-state index contributed by atoms with van der Waals surface area (Å²) in [5.41, 5.74) is 8.58. The predicted octanol–water partition coefficient (Wildman–Crippen LogP) is 3.38. The van der Waals surface area contributed by atoms with Crippen molar-refractivity contribution in [2.24, 2.45) is 11.7 Å². The standard InChI is InChI=1S/C22H29N3O2.ClH/c1-15(2)13-20(25-21(26)18-12-8-7-9-16(18)3)22(27)24-14-19(23)17-10-5-4-6-11-17;/h4-12,15,19-20H,13-14,23H2,1-3H3,(H,24,27)(H,25,26);1H. The maximum absolute atomic E-state index is 12.7. The molecule has 6 heteroatoms. The highest BCUT2D eigenvalue weighted by atomic mass is 35.5. The summed E-state index contributed by atoms with van der Waals surface area (Å²) < 4.78 is 0. The van der Waals surface area contributed by atoms with E-state index in [0.717, 1.165) is 11.1 Å². The Kier molecular flexibility index (Phi) is 9.69. The summed E-state index contributed by atoms with van der Waals surface area (Å²) in [6, 6.07) is 16.1. The van der Waals surface area contributed by atoms with Crippen molar-refractivity contribution in [1.29, 1.82) is 0 Å². The van der Waals surface area contributed by atoms with Crippen LogP contribution in [0.25, 0.3) is 0 Å². The molecule has 5 nitrogen and oxygen atoms in total. The lowest BCUT2D eigenvalue weighted by atomic mass is 10.0. The second-order valence-electron chi connectivity index (χ2n) is 7.23. The first-order valence-corrected chi connectivity index (χ1v) is 9.33. The molecule has 0 aliphatic heterocycles. The first-order chi connectivity index (χ1) is 12.9. The van der Waals surface area contributed by atoms with Gasteiger partial charge in [-0.05, 0) is 36.5 Å². The van der Waals surface area contributed by atoms with Gasteiger partial charge in [-0.25, -0.2) is 0 Å². The van der Waals surface area contributed by atoms with Crippen LogP contribution >= 0.6 is 12.4 Å². The van der Waals surface area contributed by atoms with Crippen LogP contribution < -0.4 is 16.4 Å². The second-order valence-corrected chi connectivity index (χ2v) is 7.23. The molecule has 2 atom stereocenters. The van der Waals surface area contributed by atoms with Crippen molar-refractivity contribution in [1.82, 2.24) is 10.6 Å². The zero-order chi connectivity index (χ0) is 19.8. The van der Waals surface area contributed by atoms with Crippen LogP contribution in [0.15, 0.2) is 54.6 Å². The Morgan fingerprint density at radius 1 is 1.00 bits per heavy atom. The Labute approximate surface area is 173 Å². The molecule has 0 bridgehead atoms. The van der Waals surface area contributed by atoms with E-state index in [1.807, 2.05) is 69.3 Å². The predicted molar refractivity (Wildman–Crippen MR) is 116 cm³/mol. The number of aryl methyl sites for hydroxylation is 1. The fourth-order valence-electron chi connectivity index (χ4n) is 2.92. The number of nitrogens with one attached hydrogen (secondary N) is 2. The molecule has 0 heterocycles. The molecule has 2 rings (SSSR count). The lowest BCUT2D eigenvalue weighted by Gasteiger charge is -2.22. The molecule has 0 saturated heterocycles. The summed E-state index contributed by atoms with van der Waals surface area (Å²) in [5.74, 6) is -0.181. The highest BCUT2D eigenvalue weighted by Crippen LogP contribution is 2.11. The highest BCUT2D eigenvalue weighted by Gasteiger charge is 2.23. The van der Waals surface area contributed by atoms with E-state index in [0.29, 0.717) is 18.5 Å².